The highest BCUT2D eigenvalue weighted by molar-refractivity contribution is 7.20. The molecule has 0 fully saturated rings. The molecule has 35 heavy (non-hydrogen) atoms. The molecule has 4 aromatic rings. The van der Waals surface area contributed by atoms with Gasteiger partial charge in [-0.2, -0.15) is 0 Å². The third-order valence-electron chi connectivity index (χ3n) is 5.30. The number of para-hydroxylation sites is 1. The summed E-state index contributed by atoms with van der Waals surface area (Å²) < 4.78 is 25.1. The maximum Gasteiger partial charge on any atom is 0.348 e. The van der Waals surface area contributed by atoms with E-state index in [1.54, 1.807) is 26.0 Å². The summed E-state index contributed by atoms with van der Waals surface area (Å²) in [6.45, 7) is 3.43. The number of ether oxygens (including phenoxy) is 2. The summed E-state index contributed by atoms with van der Waals surface area (Å²) in [4.78, 5) is 43.4. The Morgan fingerprint density at radius 2 is 1.83 bits per heavy atom. The fourth-order valence-electron chi connectivity index (χ4n) is 3.39. The number of anilines is 1. The van der Waals surface area contributed by atoms with Crippen LogP contribution in [0.5, 0.6) is 5.75 Å². The van der Waals surface area contributed by atoms with E-state index in [4.69, 9.17) is 9.47 Å². The van der Waals surface area contributed by atoms with Gasteiger partial charge >= 0.3 is 5.97 Å². The number of benzene rings is 2. The molecule has 0 bridgehead atoms. The van der Waals surface area contributed by atoms with Crippen molar-refractivity contribution in [2.75, 3.05) is 18.5 Å². The molecule has 2 heterocycles. The summed E-state index contributed by atoms with van der Waals surface area (Å²) >= 11 is 1.06. The first kappa shape index (κ1) is 24.1. The van der Waals surface area contributed by atoms with Crippen molar-refractivity contribution in [3.05, 3.63) is 87.5 Å². The topological polar surface area (TPSA) is 99.5 Å². The molecular weight excluding hydrogens is 473 g/mol. The minimum Gasteiger partial charge on any atom is -0.490 e. The second kappa shape index (κ2) is 10.5. The first-order valence-electron chi connectivity index (χ1n) is 10.8. The fourth-order valence-corrected chi connectivity index (χ4v) is 4.42. The van der Waals surface area contributed by atoms with Crippen LogP contribution in [-0.2, 0) is 9.53 Å². The van der Waals surface area contributed by atoms with Crippen LogP contribution in [0.4, 0.5) is 10.1 Å². The summed E-state index contributed by atoms with van der Waals surface area (Å²) in [5.74, 6) is -0.794. The van der Waals surface area contributed by atoms with Gasteiger partial charge in [-0.1, -0.05) is 18.2 Å². The number of amides is 1. The molecule has 0 aliphatic carbocycles. The lowest BCUT2D eigenvalue weighted by Gasteiger charge is -2.15. The molecule has 1 unspecified atom stereocenters. The predicted octanol–water partition coefficient (Wildman–Crippen LogP) is 4.34. The highest BCUT2D eigenvalue weighted by Crippen LogP contribution is 2.28. The van der Waals surface area contributed by atoms with E-state index in [-0.39, 0.29) is 23.5 Å². The van der Waals surface area contributed by atoms with Crippen LogP contribution in [-0.4, -0.2) is 34.6 Å². The number of thiophene rings is 1. The van der Waals surface area contributed by atoms with E-state index in [2.05, 4.69) is 10.3 Å². The SMILES string of the molecule is Cc1c(C(=O)OCCOc2ccccc2)sc2ncn(C(C)C(=O)Nc3ccc(F)cc3)c(=O)c12. The van der Waals surface area contributed by atoms with Gasteiger partial charge in [0.15, 0.2) is 0 Å². The van der Waals surface area contributed by atoms with Gasteiger partial charge in [0.2, 0.25) is 5.91 Å². The highest BCUT2D eigenvalue weighted by atomic mass is 32.1. The van der Waals surface area contributed by atoms with Crippen molar-refractivity contribution in [3.63, 3.8) is 0 Å². The Bertz CT molecular complexity index is 1420. The van der Waals surface area contributed by atoms with E-state index < -0.39 is 29.3 Å². The lowest BCUT2D eigenvalue weighted by atomic mass is 10.2. The molecule has 0 spiro atoms. The van der Waals surface area contributed by atoms with Crippen molar-refractivity contribution in [3.8, 4) is 5.75 Å². The van der Waals surface area contributed by atoms with Crippen molar-refractivity contribution in [1.82, 2.24) is 9.55 Å². The van der Waals surface area contributed by atoms with Crippen molar-refractivity contribution in [2.24, 2.45) is 0 Å². The zero-order valence-electron chi connectivity index (χ0n) is 19.0. The summed E-state index contributed by atoms with van der Waals surface area (Å²) in [5, 5.41) is 2.90. The lowest BCUT2D eigenvalue weighted by Crippen LogP contribution is -2.31. The fraction of sp³-hybridized carbons (Fsp3) is 0.200. The minimum absolute atomic E-state index is 0.0413. The number of carbonyl (C=O) groups excluding carboxylic acids is 2. The largest absolute Gasteiger partial charge is 0.490 e. The zero-order chi connectivity index (χ0) is 24.9. The Morgan fingerprint density at radius 1 is 1.11 bits per heavy atom. The molecular formula is C25H22FN3O5S. The van der Waals surface area contributed by atoms with Crippen molar-refractivity contribution < 1.29 is 23.5 Å². The molecule has 1 amide bonds. The average Bonchev–Trinajstić information content (AvgIpc) is 3.20. The predicted molar refractivity (Wildman–Crippen MR) is 131 cm³/mol. The average molecular weight is 496 g/mol. The molecule has 180 valence electrons. The van der Waals surface area contributed by atoms with Gasteiger partial charge in [0.25, 0.3) is 5.56 Å². The van der Waals surface area contributed by atoms with Crippen LogP contribution in [0.1, 0.15) is 28.2 Å². The number of esters is 1. The number of hydrogen-bond donors (Lipinski definition) is 1. The van der Waals surface area contributed by atoms with E-state index in [0.717, 1.165) is 11.3 Å². The molecule has 8 nitrogen and oxygen atoms in total. The van der Waals surface area contributed by atoms with Crippen LogP contribution in [0, 0.1) is 12.7 Å². The van der Waals surface area contributed by atoms with E-state index in [1.807, 2.05) is 18.2 Å². The molecule has 0 aliphatic heterocycles. The van der Waals surface area contributed by atoms with Crippen LogP contribution in [0.3, 0.4) is 0 Å². The maximum absolute atomic E-state index is 13.2. The number of aromatic nitrogens is 2. The van der Waals surface area contributed by atoms with Crippen LogP contribution in [0.25, 0.3) is 10.2 Å². The summed E-state index contributed by atoms with van der Waals surface area (Å²) in [6, 6.07) is 13.6. The lowest BCUT2D eigenvalue weighted by molar-refractivity contribution is -0.118. The number of hydrogen-bond acceptors (Lipinski definition) is 7. The molecule has 0 saturated carbocycles. The second-order valence-electron chi connectivity index (χ2n) is 7.66. The summed E-state index contributed by atoms with van der Waals surface area (Å²) in [5.41, 5.74) is 0.396. The Hall–Kier alpha value is -4.05. The number of nitrogens with one attached hydrogen (secondary N) is 1. The van der Waals surface area contributed by atoms with E-state index in [1.165, 1.54) is 35.2 Å². The van der Waals surface area contributed by atoms with Gasteiger partial charge in [-0.05, 0) is 55.8 Å². The summed E-state index contributed by atoms with van der Waals surface area (Å²) in [7, 11) is 0. The number of aryl methyl sites for hydroxylation is 1. The molecule has 0 radical (unpaired) electrons. The van der Waals surface area contributed by atoms with E-state index in [9.17, 15) is 18.8 Å². The number of carbonyl (C=O) groups is 2. The molecule has 2 aromatic heterocycles. The summed E-state index contributed by atoms with van der Waals surface area (Å²) in [6.07, 6.45) is 1.28. The van der Waals surface area contributed by atoms with Gasteiger partial charge in [0.05, 0.1) is 11.7 Å². The van der Waals surface area contributed by atoms with E-state index >= 15 is 0 Å². The molecule has 4 rings (SSSR count). The molecule has 10 heteroatoms. The molecule has 0 saturated heterocycles. The maximum atomic E-state index is 13.2. The van der Waals surface area contributed by atoms with Crippen LogP contribution in [0.15, 0.2) is 65.7 Å². The van der Waals surface area contributed by atoms with Gasteiger partial charge in [-0.25, -0.2) is 14.2 Å². The monoisotopic (exact) mass is 495 g/mol. The van der Waals surface area contributed by atoms with Crippen LogP contribution < -0.4 is 15.6 Å². The Balaban J connectivity index is 1.47. The molecule has 1 atom stereocenters. The van der Waals surface area contributed by atoms with Crippen LogP contribution in [0.2, 0.25) is 0 Å². The van der Waals surface area contributed by atoms with Crippen molar-refractivity contribution >= 4 is 39.1 Å². The van der Waals surface area contributed by atoms with Crippen LogP contribution >= 0.6 is 11.3 Å². The number of rotatable bonds is 8. The normalized spacial score (nSPS) is 11.7. The van der Waals surface area contributed by atoms with Gasteiger partial charge in [0.1, 0.15) is 40.5 Å². The first-order chi connectivity index (χ1) is 16.8. The Labute approximate surface area is 203 Å². The smallest absolute Gasteiger partial charge is 0.348 e. The van der Waals surface area contributed by atoms with E-state index in [0.29, 0.717) is 21.8 Å². The zero-order valence-corrected chi connectivity index (χ0v) is 19.8. The molecule has 1 N–H and O–H groups in total. The first-order valence-corrected chi connectivity index (χ1v) is 11.6. The third-order valence-corrected chi connectivity index (χ3v) is 6.48. The number of fused-ring (bicyclic) bond motifs is 1. The highest BCUT2D eigenvalue weighted by Gasteiger charge is 2.23. The standard InChI is InChI=1S/C25H22FN3O5S/c1-15-20-23(35-21(15)25(32)34-13-12-33-19-6-4-3-5-7-19)27-14-29(24(20)31)16(2)22(30)28-18-10-8-17(26)9-11-18/h3-11,14,16H,12-13H2,1-2H3,(H,28,30). The third kappa shape index (κ3) is 5.38. The Morgan fingerprint density at radius 3 is 2.54 bits per heavy atom. The van der Waals surface area contributed by atoms with Gasteiger partial charge in [-0.3, -0.25) is 14.2 Å². The second-order valence-corrected chi connectivity index (χ2v) is 8.66. The van der Waals surface area contributed by atoms with Gasteiger partial charge < -0.3 is 14.8 Å². The minimum atomic E-state index is -0.894. The van der Waals surface area contributed by atoms with Gasteiger partial charge in [0, 0.05) is 5.69 Å². The van der Waals surface area contributed by atoms with Crippen molar-refractivity contribution in [2.45, 2.75) is 19.9 Å². The Kier molecular flexibility index (Phi) is 7.21. The van der Waals surface area contributed by atoms with Crippen molar-refractivity contribution in [1.29, 1.82) is 0 Å². The molecule has 0 aliphatic rings. The van der Waals surface area contributed by atoms with Gasteiger partial charge in [-0.15, -0.1) is 11.3 Å². The number of halogens is 1. The quantitative estimate of drug-likeness (QED) is 0.288. The number of nitrogens with zero attached hydrogens (tertiary/aromatic N) is 2. The molecule has 2 aromatic carbocycles.